The molecule has 0 radical (unpaired) electrons. The quantitative estimate of drug-likeness (QED) is 0.358. The number of ether oxygens (including phenoxy) is 1. The summed E-state index contributed by atoms with van der Waals surface area (Å²) in [5.74, 6) is 0.294. The first-order valence-corrected chi connectivity index (χ1v) is 9.32. The number of carbonyl (C=O) groups is 2. The maximum atomic E-state index is 12.1. The molecule has 0 aliphatic heterocycles. The number of nitrogens with zero attached hydrogens (tertiary/aromatic N) is 1. The molecule has 1 amide bonds. The summed E-state index contributed by atoms with van der Waals surface area (Å²) in [6.45, 7) is 3.98. The maximum absolute atomic E-state index is 12.1. The molecule has 2 aromatic carbocycles. The minimum Gasteiger partial charge on any atom is -0.462 e. The number of furan rings is 1. The van der Waals surface area contributed by atoms with Crippen molar-refractivity contribution in [1.29, 1.82) is 0 Å². The Morgan fingerprint density at radius 1 is 1.14 bits per heavy atom. The summed E-state index contributed by atoms with van der Waals surface area (Å²) in [6, 6.07) is 15.6. The molecule has 148 valence electrons. The number of hydrogen-bond acceptors (Lipinski definition) is 5. The van der Waals surface area contributed by atoms with Crippen molar-refractivity contribution in [3.63, 3.8) is 0 Å². The molecule has 0 saturated heterocycles. The molecule has 0 bridgehead atoms. The van der Waals surface area contributed by atoms with Crippen LogP contribution in [-0.4, -0.2) is 24.7 Å². The second-order valence-electron chi connectivity index (χ2n) is 6.18. The van der Waals surface area contributed by atoms with Gasteiger partial charge in [0.1, 0.15) is 11.5 Å². The zero-order chi connectivity index (χ0) is 20.8. The van der Waals surface area contributed by atoms with Crippen LogP contribution in [0.5, 0.6) is 0 Å². The summed E-state index contributed by atoms with van der Waals surface area (Å²) in [5.41, 5.74) is 5.01. The highest BCUT2D eigenvalue weighted by Crippen LogP contribution is 2.22. The van der Waals surface area contributed by atoms with Crippen molar-refractivity contribution in [2.75, 3.05) is 6.61 Å². The summed E-state index contributed by atoms with van der Waals surface area (Å²) in [7, 11) is 0. The van der Waals surface area contributed by atoms with Crippen LogP contribution in [0.15, 0.2) is 64.1 Å². The summed E-state index contributed by atoms with van der Waals surface area (Å²) in [5, 5.41) is 4.27. The van der Waals surface area contributed by atoms with Gasteiger partial charge in [-0.1, -0.05) is 29.8 Å². The van der Waals surface area contributed by atoms with Crippen molar-refractivity contribution >= 4 is 29.7 Å². The fourth-order valence-corrected chi connectivity index (χ4v) is 2.90. The van der Waals surface area contributed by atoms with E-state index in [1.807, 2.05) is 6.92 Å². The molecule has 0 aliphatic carbocycles. The number of carbonyl (C=O) groups excluding carboxylic acids is 2. The number of hydrazone groups is 1. The second-order valence-corrected chi connectivity index (χ2v) is 6.59. The van der Waals surface area contributed by atoms with Crippen LogP contribution < -0.4 is 5.43 Å². The highest BCUT2D eigenvalue weighted by Gasteiger charge is 2.10. The molecule has 0 unspecified atom stereocenters. The number of rotatable bonds is 6. The predicted octanol–water partition coefficient (Wildman–Crippen LogP) is 4.85. The molecule has 7 heteroatoms. The van der Waals surface area contributed by atoms with Crippen LogP contribution in [0.2, 0.25) is 5.02 Å². The number of halogens is 1. The third kappa shape index (κ3) is 5.12. The number of aryl methyl sites for hydroxylation is 1. The van der Waals surface area contributed by atoms with Crippen LogP contribution in [0.3, 0.4) is 0 Å². The second kappa shape index (κ2) is 9.21. The Kier molecular flexibility index (Phi) is 6.46. The van der Waals surface area contributed by atoms with Gasteiger partial charge in [0.15, 0.2) is 0 Å². The maximum Gasteiger partial charge on any atom is 0.338 e. The van der Waals surface area contributed by atoms with E-state index in [4.69, 9.17) is 20.8 Å². The number of hydrogen-bond donors (Lipinski definition) is 1. The lowest BCUT2D eigenvalue weighted by Crippen LogP contribution is -2.18. The Morgan fingerprint density at radius 2 is 1.90 bits per heavy atom. The standard InChI is InChI=1S/C22H19ClN2O4/c1-3-28-22(27)16-7-5-15(6-8-16)20-11-9-17(29-20)13-24-25-21(26)18-10-4-14(2)12-19(18)23/h4-13H,3H2,1-2H3,(H,25,26)/b24-13-. The smallest absolute Gasteiger partial charge is 0.338 e. The van der Waals surface area contributed by atoms with E-state index in [-0.39, 0.29) is 5.97 Å². The van der Waals surface area contributed by atoms with Crippen molar-refractivity contribution in [3.8, 4) is 11.3 Å². The number of nitrogens with one attached hydrogen (secondary N) is 1. The van der Waals surface area contributed by atoms with Crippen molar-refractivity contribution < 1.29 is 18.7 Å². The van der Waals surface area contributed by atoms with Gasteiger partial charge in [0, 0.05) is 5.56 Å². The molecule has 29 heavy (non-hydrogen) atoms. The lowest BCUT2D eigenvalue weighted by Gasteiger charge is -2.03. The van der Waals surface area contributed by atoms with Crippen LogP contribution in [0.25, 0.3) is 11.3 Å². The normalized spacial score (nSPS) is 10.9. The highest BCUT2D eigenvalue weighted by atomic mass is 35.5. The van der Waals surface area contributed by atoms with Gasteiger partial charge in [-0.15, -0.1) is 0 Å². The monoisotopic (exact) mass is 410 g/mol. The van der Waals surface area contributed by atoms with Crippen molar-refractivity contribution in [2.24, 2.45) is 5.10 Å². The van der Waals surface area contributed by atoms with E-state index in [2.05, 4.69) is 10.5 Å². The van der Waals surface area contributed by atoms with Crippen LogP contribution in [0.4, 0.5) is 0 Å². The molecule has 1 aromatic heterocycles. The Hall–Kier alpha value is -3.38. The lowest BCUT2D eigenvalue weighted by molar-refractivity contribution is 0.0526. The van der Waals surface area contributed by atoms with Crippen LogP contribution in [0, 0.1) is 6.92 Å². The fourth-order valence-electron chi connectivity index (χ4n) is 2.58. The van der Waals surface area contributed by atoms with Crippen LogP contribution in [0.1, 0.15) is 39.0 Å². The molecule has 1 N–H and O–H groups in total. The van der Waals surface area contributed by atoms with E-state index in [0.29, 0.717) is 34.3 Å². The van der Waals surface area contributed by atoms with E-state index in [9.17, 15) is 9.59 Å². The van der Waals surface area contributed by atoms with E-state index >= 15 is 0 Å². The first kappa shape index (κ1) is 20.4. The Bertz CT molecular complexity index is 1050. The third-order valence-electron chi connectivity index (χ3n) is 4.03. The van der Waals surface area contributed by atoms with E-state index in [0.717, 1.165) is 11.1 Å². The molecule has 3 rings (SSSR count). The Balaban J connectivity index is 1.64. The van der Waals surface area contributed by atoms with Crippen molar-refractivity contribution in [3.05, 3.63) is 82.1 Å². The van der Waals surface area contributed by atoms with E-state index in [1.165, 1.54) is 6.21 Å². The van der Waals surface area contributed by atoms with Crippen LogP contribution >= 0.6 is 11.6 Å². The van der Waals surface area contributed by atoms with Gasteiger partial charge in [0.2, 0.25) is 0 Å². The van der Waals surface area contributed by atoms with Crippen LogP contribution in [-0.2, 0) is 4.74 Å². The molecule has 1 heterocycles. The summed E-state index contributed by atoms with van der Waals surface area (Å²) < 4.78 is 10.7. The molecular formula is C22H19ClN2O4. The minimum absolute atomic E-state index is 0.328. The zero-order valence-corrected chi connectivity index (χ0v) is 16.7. The van der Waals surface area contributed by atoms with E-state index in [1.54, 1.807) is 61.5 Å². The van der Waals surface area contributed by atoms with Gasteiger partial charge in [0.05, 0.1) is 29.0 Å². The van der Waals surface area contributed by atoms with Gasteiger partial charge < -0.3 is 9.15 Å². The lowest BCUT2D eigenvalue weighted by atomic mass is 10.1. The summed E-state index contributed by atoms with van der Waals surface area (Å²) in [4.78, 5) is 23.9. The first-order valence-electron chi connectivity index (χ1n) is 8.95. The van der Waals surface area contributed by atoms with Gasteiger partial charge >= 0.3 is 5.97 Å². The molecule has 0 fully saturated rings. The van der Waals surface area contributed by atoms with Gasteiger partial charge in [-0.05, 0) is 55.8 Å². The molecule has 3 aromatic rings. The zero-order valence-electron chi connectivity index (χ0n) is 15.9. The van der Waals surface area contributed by atoms with Gasteiger partial charge in [-0.25, -0.2) is 10.2 Å². The molecule has 0 saturated carbocycles. The summed E-state index contributed by atoms with van der Waals surface area (Å²) in [6.07, 6.45) is 1.40. The van der Waals surface area contributed by atoms with Crippen molar-refractivity contribution in [2.45, 2.75) is 13.8 Å². The minimum atomic E-state index is -0.410. The average molecular weight is 411 g/mol. The number of esters is 1. The van der Waals surface area contributed by atoms with Gasteiger partial charge in [-0.3, -0.25) is 4.79 Å². The highest BCUT2D eigenvalue weighted by molar-refractivity contribution is 6.33. The molecular weight excluding hydrogens is 392 g/mol. The summed E-state index contributed by atoms with van der Waals surface area (Å²) >= 11 is 6.08. The fraction of sp³-hybridized carbons (Fsp3) is 0.136. The Labute approximate surface area is 173 Å². The number of amides is 1. The van der Waals surface area contributed by atoms with E-state index < -0.39 is 5.91 Å². The first-order chi connectivity index (χ1) is 14.0. The molecule has 0 spiro atoms. The largest absolute Gasteiger partial charge is 0.462 e. The SMILES string of the molecule is CCOC(=O)c1ccc(-c2ccc(/C=N\NC(=O)c3ccc(C)cc3Cl)o2)cc1. The van der Waals surface area contributed by atoms with Gasteiger partial charge in [0.25, 0.3) is 5.91 Å². The van der Waals surface area contributed by atoms with Gasteiger partial charge in [-0.2, -0.15) is 5.10 Å². The topological polar surface area (TPSA) is 80.9 Å². The Morgan fingerprint density at radius 3 is 2.59 bits per heavy atom. The predicted molar refractivity (Wildman–Crippen MR) is 111 cm³/mol. The number of benzene rings is 2. The average Bonchev–Trinajstić information content (AvgIpc) is 3.17. The van der Waals surface area contributed by atoms with Crippen molar-refractivity contribution in [1.82, 2.24) is 5.43 Å². The molecule has 6 nitrogen and oxygen atoms in total. The third-order valence-corrected chi connectivity index (χ3v) is 4.35. The molecule has 0 aliphatic rings. The molecule has 0 atom stereocenters.